The minimum Gasteiger partial charge on any atom is -0.459 e. The lowest BCUT2D eigenvalue weighted by atomic mass is 10.5. The molecule has 0 saturated carbocycles. The summed E-state index contributed by atoms with van der Waals surface area (Å²) in [6.45, 7) is 10.5. The van der Waals surface area contributed by atoms with Crippen LogP contribution < -0.4 is 0 Å². The van der Waals surface area contributed by atoms with E-state index >= 15 is 0 Å². The average molecular weight is 186 g/mol. The number of esters is 1. The van der Waals surface area contributed by atoms with Crippen molar-refractivity contribution in [3.05, 3.63) is 25.2 Å². The van der Waals surface area contributed by atoms with Crippen LogP contribution in [0.3, 0.4) is 0 Å². The summed E-state index contributed by atoms with van der Waals surface area (Å²) in [6, 6.07) is 0. The van der Waals surface area contributed by atoms with Crippen LogP contribution in [0.15, 0.2) is 25.2 Å². The van der Waals surface area contributed by atoms with Crippen molar-refractivity contribution in [2.45, 2.75) is 20.1 Å². The molecule has 0 aliphatic rings. The molecule has 0 aromatic carbocycles. The van der Waals surface area contributed by atoms with Crippen LogP contribution in [0.4, 0.5) is 0 Å². The van der Waals surface area contributed by atoms with Crippen molar-refractivity contribution < 1.29 is 19.0 Å². The van der Waals surface area contributed by atoms with Gasteiger partial charge in [0.2, 0.25) is 12.0 Å². The molecule has 0 N–H and O–H groups in total. The van der Waals surface area contributed by atoms with Crippen molar-refractivity contribution in [3.8, 4) is 0 Å². The molecule has 0 radical (unpaired) electrons. The molecule has 0 fully saturated rings. The highest BCUT2D eigenvalue weighted by Gasteiger charge is 2.13. The van der Waals surface area contributed by atoms with Gasteiger partial charge in [0, 0.05) is 6.61 Å². The Morgan fingerprint density at radius 2 is 2.23 bits per heavy atom. The molecule has 0 aromatic heterocycles. The lowest BCUT2D eigenvalue weighted by Gasteiger charge is -2.12. The van der Waals surface area contributed by atoms with Crippen molar-refractivity contribution in [1.82, 2.24) is 0 Å². The van der Waals surface area contributed by atoms with Gasteiger partial charge in [-0.05, 0) is 20.4 Å². The predicted octanol–water partition coefficient (Wildman–Crippen LogP) is 1.59. The van der Waals surface area contributed by atoms with Gasteiger partial charge < -0.3 is 14.2 Å². The topological polar surface area (TPSA) is 44.8 Å². The summed E-state index contributed by atoms with van der Waals surface area (Å²) in [5, 5.41) is 0. The first kappa shape index (κ1) is 11.7. The minimum atomic E-state index is -0.652. The maximum Gasteiger partial charge on any atom is 0.375 e. The van der Waals surface area contributed by atoms with Gasteiger partial charge in [-0.3, -0.25) is 0 Å². The second-order valence-electron chi connectivity index (χ2n) is 2.14. The number of carbonyl (C=O) groups excluding carboxylic acids is 1. The van der Waals surface area contributed by atoms with Crippen LogP contribution in [-0.4, -0.2) is 18.9 Å². The van der Waals surface area contributed by atoms with Gasteiger partial charge in [-0.25, -0.2) is 4.79 Å². The SMILES string of the molecule is C=COC(=C)C(=O)OC(C)OCC. The van der Waals surface area contributed by atoms with E-state index in [0.29, 0.717) is 6.61 Å². The first-order valence-electron chi connectivity index (χ1n) is 3.90. The van der Waals surface area contributed by atoms with Gasteiger partial charge >= 0.3 is 5.97 Å². The highest BCUT2D eigenvalue weighted by Crippen LogP contribution is 2.01. The van der Waals surface area contributed by atoms with Gasteiger partial charge in [-0.15, -0.1) is 0 Å². The van der Waals surface area contributed by atoms with Crippen LogP contribution in [0, 0.1) is 0 Å². The molecular weight excluding hydrogens is 172 g/mol. The van der Waals surface area contributed by atoms with Gasteiger partial charge in [0.25, 0.3) is 0 Å². The first-order chi connectivity index (χ1) is 6.11. The second kappa shape index (κ2) is 6.25. The van der Waals surface area contributed by atoms with Crippen LogP contribution in [0.2, 0.25) is 0 Å². The molecule has 0 aliphatic carbocycles. The number of hydrogen-bond donors (Lipinski definition) is 0. The normalized spacial score (nSPS) is 11.5. The Morgan fingerprint density at radius 3 is 2.69 bits per heavy atom. The Labute approximate surface area is 77.8 Å². The van der Waals surface area contributed by atoms with Gasteiger partial charge in [0.05, 0.1) is 6.26 Å². The van der Waals surface area contributed by atoms with Crippen LogP contribution >= 0.6 is 0 Å². The summed E-state index contributed by atoms with van der Waals surface area (Å²) >= 11 is 0. The lowest BCUT2D eigenvalue weighted by molar-refractivity contribution is -0.172. The molecule has 0 aliphatic heterocycles. The largest absolute Gasteiger partial charge is 0.459 e. The third-order valence-corrected chi connectivity index (χ3v) is 1.13. The van der Waals surface area contributed by atoms with E-state index in [1.807, 2.05) is 0 Å². The van der Waals surface area contributed by atoms with E-state index in [2.05, 4.69) is 17.9 Å². The fourth-order valence-corrected chi connectivity index (χ4v) is 0.634. The third kappa shape index (κ3) is 5.03. The first-order valence-corrected chi connectivity index (χ1v) is 3.90. The molecule has 0 saturated heterocycles. The van der Waals surface area contributed by atoms with Gasteiger partial charge in [0.15, 0.2) is 0 Å². The molecule has 4 nitrogen and oxygen atoms in total. The zero-order chi connectivity index (χ0) is 10.3. The molecule has 0 aromatic rings. The molecule has 74 valence electrons. The molecular formula is C9H14O4. The van der Waals surface area contributed by atoms with Crippen molar-refractivity contribution >= 4 is 5.97 Å². The molecule has 1 unspecified atom stereocenters. The Morgan fingerprint density at radius 1 is 1.62 bits per heavy atom. The average Bonchev–Trinajstić information content (AvgIpc) is 2.05. The fourth-order valence-electron chi connectivity index (χ4n) is 0.634. The van der Waals surface area contributed by atoms with Crippen LogP contribution in [-0.2, 0) is 19.0 Å². The highest BCUT2D eigenvalue weighted by molar-refractivity contribution is 5.85. The Kier molecular flexibility index (Phi) is 5.63. The number of ether oxygens (including phenoxy) is 3. The molecule has 13 heavy (non-hydrogen) atoms. The Bertz CT molecular complexity index is 198. The zero-order valence-electron chi connectivity index (χ0n) is 7.91. The Balaban J connectivity index is 3.85. The summed E-state index contributed by atoms with van der Waals surface area (Å²) in [4.78, 5) is 11.0. The van der Waals surface area contributed by atoms with Crippen molar-refractivity contribution in [2.24, 2.45) is 0 Å². The van der Waals surface area contributed by atoms with E-state index < -0.39 is 12.3 Å². The molecule has 0 rings (SSSR count). The van der Waals surface area contributed by atoms with Gasteiger partial charge in [0.1, 0.15) is 0 Å². The summed E-state index contributed by atoms with van der Waals surface area (Å²) < 4.78 is 14.4. The fraction of sp³-hybridized carbons (Fsp3) is 0.444. The maximum atomic E-state index is 11.0. The maximum absolute atomic E-state index is 11.0. The van der Waals surface area contributed by atoms with E-state index in [0.717, 1.165) is 6.26 Å². The van der Waals surface area contributed by atoms with Crippen LogP contribution in [0.5, 0.6) is 0 Å². The van der Waals surface area contributed by atoms with E-state index in [4.69, 9.17) is 9.47 Å². The number of rotatable bonds is 6. The van der Waals surface area contributed by atoms with Crippen molar-refractivity contribution in [1.29, 1.82) is 0 Å². The monoisotopic (exact) mass is 186 g/mol. The minimum absolute atomic E-state index is 0.110. The molecule has 0 spiro atoms. The van der Waals surface area contributed by atoms with Crippen molar-refractivity contribution in [3.63, 3.8) is 0 Å². The third-order valence-electron chi connectivity index (χ3n) is 1.13. The van der Waals surface area contributed by atoms with Crippen molar-refractivity contribution in [2.75, 3.05) is 6.61 Å². The smallest absolute Gasteiger partial charge is 0.375 e. The number of carbonyl (C=O) groups is 1. The summed E-state index contributed by atoms with van der Waals surface area (Å²) in [5.74, 6) is -0.762. The van der Waals surface area contributed by atoms with E-state index in [1.54, 1.807) is 13.8 Å². The Hall–Kier alpha value is -1.29. The lowest BCUT2D eigenvalue weighted by Crippen LogP contribution is -2.19. The molecule has 0 bridgehead atoms. The van der Waals surface area contributed by atoms with Crippen LogP contribution in [0.1, 0.15) is 13.8 Å². The zero-order valence-corrected chi connectivity index (χ0v) is 7.91. The quantitative estimate of drug-likeness (QED) is 0.273. The van der Waals surface area contributed by atoms with E-state index in [9.17, 15) is 4.79 Å². The standard InChI is InChI=1S/C9H14O4/c1-5-11-7(3)9(10)13-8(4)12-6-2/h5,8H,1,3,6H2,2,4H3. The molecule has 1 atom stereocenters. The van der Waals surface area contributed by atoms with E-state index in [-0.39, 0.29) is 5.76 Å². The molecule has 0 heterocycles. The summed E-state index contributed by atoms with van der Waals surface area (Å²) in [6.07, 6.45) is 0.511. The second-order valence-corrected chi connectivity index (χ2v) is 2.14. The highest BCUT2D eigenvalue weighted by atomic mass is 16.7. The van der Waals surface area contributed by atoms with E-state index in [1.165, 1.54) is 0 Å². The molecule has 0 amide bonds. The number of hydrogen-bond acceptors (Lipinski definition) is 4. The summed E-state index contributed by atoms with van der Waals surface area (Å²) in [7, 11) is 0. The predicted molar refractivity (Wildman–Crippen MR) is 47.6 cm³/mol. The summed E-state index contributed by atoms with van der Waals surface area (Å²) in [5.41, 5.74) is 0. The van der Waals surface area contributed by atoms with Gasteiger partial charge in [-0.1, -0.05) is 6.58 Å². The van der Waals surface area contributed by atoms with Gasteiger partial charge in [-0.2, -0.15) is 0 Å². The molecule has 4 heteroatoms. The van der Waals surface area contributed by atoms with Crippen LogP contribution in [0.25, 0.3) is 0 Å².